The SMILES string of the molecule is CC1(C)CC(=O)C2=C(C1)Nc1nc(SCc3cccc4ccccc34)nn1C2c1cccc(Oc2ccccc2)c1. The fourth-order valence-electron chi connectivity index (χ4n) is 5.89. The molecule has 1 atom stereocenters. The van der Waals surface area contributed by atoms with Crippen LogP contribution in [-0.4, -0.2) is 20.5 Å². The Morgan fingerprint density at radius 1 is 0.927 bits per heavy atom. The zero-order valence-electron chi connectivity index (χ0n) is 23.0. The van der Waals surface area contributed by atoms with Gasteiger partial charge < -0.3 is 10.1 Å². The minimum atomic E-state index is -0.386. The molecule has 2 heterocycles. The number of allylic oxidation sites excluding steroid dienone is 2. The van der Waals surface area contributed by atoms with Crippen molar-refractivity contribution in [3.63, 3.8) is 0 Å². The molecule has 1 aliphatic carbocycles. The molecule has 1 aliphatic heterocycles. The summed E-state index contributed by atoms with van der Waals surface area (Å²) < 4.78 is 8.03. The number of nitrogens with one attached hydrogen (secondary N) is 1. The highest BCUT2D eigenvalue weighted by Gasteiger charge is 2.42. The van der Waals surface area contributed by atoms with Gasteiger partial charge in [-0.25, -0.2) is 4.68 Å². The zero-order chi connectivity index (χ0) is 28.0. The summed E-state index contributed by atoms with van der Waals surface area (Å²) in [7, 11) is 0. The van der Waals surface area contributed by atoms with Crippen LogP contribution >= 0.6 is 11.8 Å². The Bertz CT molecular complexity index is 1800. The number of ether oxygens (including phenoxy) is 1. The number of fused-ring (bicyclic) bond motifs is 2. The third-order valence-corrected chi connectivity index (χ3v) is 8.59. The van der Waals surface area contributed by atoms with Crippen LogP contribution < -0.4 is 10.1 Å². The Morgan fingerprint density at radius 2 is 1.68 bits per heavy atom. The molecule has 0 amide bonds. The highest BCUT2D eigenvalue weighted by Crippen LogP contribution is 2.46. The number of para-hydroxylation sites is 1. The van der Waals surface area contributed by atoms with Crippen LogP contribution in [0.4, 0.5) is 5.95 Å². The molecule has 0 saturated heterocycles. The number of ketones is 1. The lowest BCUT2D eigenvalue weighted by Gasteiger charge is -2.38. The fraction of sp³-hybridized carbons (Fsp3) is 0.206. The average molecular weight is 559 g/mol. The van der Waals surface area contributed by atoms with Crippen molar-refractivity contribution in [2.45, 2.75) is 43.6 Å². The van der Waals surface area contributed by atoms with Crippen molar-refractivity contribution in [3.05, 3.63) is 119 Å². The topological polar surface area (TPSA) is 69.0 Å². The maximum Gasteiger partial charge on any atom is 0.227 e. The largest absolute Gasteiger partial charge is 0.457 e. The van der Waals surface area contributed by atoms with E-state index in [0.717, 1.165) is 34.8 Å². The summed E-state index contributed by atoms with van der Waals surface area (Å²) in [5, 5.41) is 11.6. The number of hydrogen-bond donors (Lipinski definition) is 1. The zero-order valence-corrected chi connectivity index (χ0v) is 23.8. The van der Waals surface area contributed by atoms with Gasteiger partial charge >= 0.3 is 0 Å². The van der Waals surface area contributed by atoms with E-state index in [-0.39, 0.29) is 17.2 Å². The van der Waals surface area contributed by atoms with Gasteiger partial charge in [0.15, 0.2) is 5.78 Å². The summed E-state index contributed by atoms with van der Waals surface area (Å²) in [6, 6.07) is 32.1. The number of rotatable bonds is 6. The van der Waals surface area contributed by atoms with Crippen molar-refractivity contribution < 1.29 is 9.53 Å². The van der Waals surface area contributed by atoms with Gasteiger partial charge in [-0.1, -0.05) is 98.4 Å². The second kappa shape index (κ2) is 10.2. The average Bonchev–Trinajstić information content (AvgIpc) is 3.37. The van der Waals surface area contributed by atoms with Gasteiger partial charge in [-0.2, -0.15) is 4.98 Å². The number of carbonyl (C=O) groups excluding carboxylic acids is 1. The standard InChI is InChI=1S/C34H30N4O2S/c1-34(2)19-28-30(29(39)20-34)31(23-12-9-16-26(18-23)40-25-14-4-3-5-15-25)38-32(35-28)36-33(37-38)41-21-24-13-8-11-22-10-6-7-17-27(22)24/h3-18,31H,19-21H2,1-2H3,(H,35,36,37). The van der Waals surface area contributed by atoms with Crippen LogP contribution in [0.25, 0.3) is 10.8 Å². The Balaban J connectivity index is 1.25. The van der Waals surface area contributed by atoms with E-state index in [1.165, 1.54) is 16.3 Å². The van der Waals surface area contributed by atoms with E-state index >= 15 is 0 Å². The molecule has 6 nitrogen and oxygen atoms in total. The molecule has 41 heavy (non-hydrogen) atoms. The maximum atomic E-state index is 13.7. The van der Waals surface area contributed by atoms with Crippen LogP contribution in [0.15, 0.2) is 113 Å². The quantitative estimate of drug-likeness (QED) is 0.212. The summed E-state index contributed by atoms with van der Waals surface area (Å²) >= 11 is 1.61. The maximum absolute atomic E-state index is 13.7. The summed E-state index contributed by atoms with van der Waals surface area (Å²) in [6.45, 7) is 4.29. The molecule has 7 rings (SSSR count). The van der Waals surface area contributed by atoms with Gasteiger partial charge in [0.25, 0.3) is 0 Å². The first-order valence-corrected chi connectivity index (χ1v) is 14.8. The molecule has 0 bridgehead atoms. The molecular formula is C34H30N4O2S. The van der Waals surface area contributed by atoms with Gasteiger partial charge in [0.05, 0.1) is 0 Å². The molecule has 5 aromatic rings. The molecule has 1 unspecified atom stereocenters. The lowest BCUT2D eigenvalue weighted by molar-refractivity contribution is -0.118. The van der Waals surface area contributed by atoms with Crippen LogP contribution in [0.5, 0.6) is 11.5 Å². The number of Topliss-reactive ketones (excluding diaryl/α,β-unsaturated/α-hetero) is 1. The predicted molar refractivity (Wildman–Crippen MR) is 163 cm³/mol. The van der Waals surface area contributed by atoms with Crippen LogP contribution in [0, 0.1) is 5.41 Å². The van der Waals surface area contributed by atoms with E-state index in [2.05, 4.69) is 61.6 Å². The fourth-order valence-corrected chi connectivity index (χ4v) is 6.73. The van der Waals surface area contributed by atoms with Gasteiger partial charge in [0.2, 0.25) is 11.1 Å². The van der Waals surface area contributed by atoms with Gasteiger partial charge in [-0.15, -0.1) is 5.10 Å². The lowest BCUT2D eigenvalue weighted by atomic mass is 9.73. The van der Waals surface area contributed by atoms with E-state index in [0.29, 0.717) is 23.3 Å². The van der Waals surface area contributed by atoms with Crippen molar-refractivity contribution in [3.8, 4) is 11.5 Å². The Morgan fingerprint density at radius 3 is 2.56 bits per heavy atom. The summed E-state index contributed by atoms with van der Waals surface area (Å²) in [5.41, 5.74) is 3.77. The molecule has 0 spiro atoms. The van der Waals surface area contributed by atoms with Crippen molar-refractivity contribution in [1.29, 1.82) is 0 Å². The second-order valence-corrected chi connectivity index (χ2v) is 12.4. The first-order valence-electron chi connectivity index (χ1n) is 13.9. The minimum Gasteiger partial charge on any atom is -0.457 e. The normalized spacial score (nSPS) is 17.6. The third kappa shape index (κ3) is 5.02. The Kier molecular flexibility index (Phi) is 6.39. The number of hydrogen-bond acceptors (Lipinski definition) is 6. The first-order chi connectivity index (χ1) is 19.9. The molecule has 1 N–H and O–H groups in total. The monoisotopic (exact) mass is 558 g/mol. The predicted octanol–water partition coefficient (Wildman–Crippen LogP) is 8.17. The number of carbonyl (C=O) groups is 1. The Hall–Kier alpha value is -4.36. The van der Waals surface area contributed by atoms with Gasteiger partial charge in [0, 0.05) is 23.4 Å². The van der Waals surface area contributed by atoms with Crippen molar-refractivity contribution in [1.82, 2.24) is 14.8 Å². The molecule has 204 valence electrons. The van der Waals surface area contributed by atoms with E-state index in [9.17, 15) is 4.79 Å². The van der Waals surface area contributed by atoms with E-state index < -0.39 is 0 Å². The highest BCUT2D eigenvalue weighted by molar-refractivity contribution is 7.98. The van der Waals surface area contributed by atoms with Crippen molar-refractivity contribution in [2.24, 2.45) is 5.41 Å². The highest BCUT2D eigenvalue weighted by atomic mass is 32.2. The molecule has 1 aromatic heterocycles. The lowest BCUT2D eigenvalue weighted by Crippen LogP contribution is -2.36. The number of nitrogens with zero attached hydrogens (tertiary/aromatic N) is 3. The van der Waals surface area contributed by atoms with Crippen LogP contribution in [0.1, 0.15) is 43.9 Å². The van der Waals surface area contributed by atoms with Crippen molar-refractivity contribution >= 4 is 34.3 Å². The summed E-state index contributed by atoms with van der Waals surface area (Å²) in [5.74, 6) is 3.03. The van der Waals surface area contributed by atoms with Gasteiger partial charge in [0.1, 0.15) is 17.5 Å². The summed E-state index contributed by atoms with van der Waals surface area (Å²) in [6.07, 6.45) is 1.27. The smallest absolute Gasteiger partial charge is 0.227 e. The van der Waals surface area contributed by atoms with Crippen LogP contribution in [-0.2, 0) is 10.5 Å². The van der Waals surface area contributed by atoms with E-state index in [1.807, 2.05) is 59.3 Å². The van der Waals surface area contributed by atoms with Gasteiger partial charge in [-0.3, -0.25) is 4.79 Å². The number of benzene rings is 4. The molecule has 4 aromatic carbocycles. The second-order valence-electron chi connectivity index (χ2n) is 11.4. The molecular weight excluding hydrogens is 528 g/mol. The van der Waals surface area contributed by atoms with Crippen LogP contribution in [0.2, 0.25) is 0 Å². The first kappa shape index (κ1) is 25.6. The van der Waals surface area contributed by atoms with Crippen molar-refractivity contribution in [2.75, 3.05) is 5.32 Å². The van der Waals surface area contributed by atoms with Gasteiger partial charge in [-0.05, 0) is 58.0 Å². The van der Waals surface area contributed by atoms with E-state index in [4.69, 9.17) is 14.8 Å². The molecule has 0 radical (unpaired) electrons. The third-order valence-electron chi connectivity index (χ3n) is 7.70. The molecule has 0 saturated carbocycles. The van der Waals surface area contributed by atoms with E-state index in [1.54, 1.807) is 11.8 Å². The van der Waals surface area contributed by atoms with Crippen LogP contribution in [0.3, 0.4) is 0 Å². The summed E-state index contributed by atoms with van der Waals surface area (Å²) in [4.78, 5) is 18.6. The molecule has 2 aliphatic rings. The number of thioether (sulfide) groups is 1. The minimum absolute atomic E-state index is 0.125. The Labute approximate surface area is 243 Å². The number of anilines is 1. The molecule has 7 heteroatoms. The molecule has 0 fully saturated rings. The number of aromatic nitrogens is 3.